The highest BCUT2D eigenvalue weighted by molar-refractivity contribution is 6.31. The normalized spacial score (nSPS) is 12.2. The molecule has 0 spiro atoms. The van der Waals surface area contributed by atoms with Crippen molar-refractivity contribution < 1.29 is 5.11 Å². The van der Waals surface area contributed by atoms with Crippen LogP contribution in [0.5, 0.6) is 5.75 Å². The summed E-state index contributed by atoms with van der Waals surface area (Å²) in [6, 6.07) is 1.83. The van der Waals surface area contributed by atoms with Crippen LogP contribution in [0.25, 0.3) is 0 Å². The average Bonchev–Trinajstić information content (AvgIpc) is 2.08. The van der Waals surface area contributed by atoms with Crippen molar-refractivity contribution in [1.29, 1.82) is 0 Å². The number of benzene rings is 1. The van der Waals surface area contributed by atoms with Crippen molar-refractivity contribution >= 4 is 11.6 Å². The van der Waals surface area contributed by atoms with Gasteiger partial charge in [0.1, 0.15) is 5.75 Å². The van der Waals surface area contributed by atoms with E-state index in [1.165, 1.54) is 0 Å². The molecule has 0 aliphatic heterocycles. The van der Waals surface area contributed by atoms with Crippen LogP contribution in [0.2, 0.25) is 5.02 Å². The molecule has 0 aliphatic carbocycles. The summed E-state index contributed by atoms with van der Waals surface area (Å²) in [5, 5.41) is 10.9. The monoisotopic (exact) mass is 241 g/mol. The van der Waals surface area contributed by atoms with Crippen molar-refractivity contribution in [2.75, 3.05) is 0 Å². The highest BCUT2D eigenvalue weighted by Crippen LogP contribution is 2.39. The molecule has 0 bridgehead atoms. The molecule has 3 N–H and O–H groups in total. The molecule has 0 unspecified atom stereocenters. The maximum atomic E-state index is 10.3. The fraction of sp³-hybridized carbons (Fsp3) is 0.538. The van der Waals surface area contributed by atoms with Gasteiger partial charge in [-0.15, -0.1) is 0 Å². The summed E-state index contributed by atoms with van der Waals surface area (Å²) in [4.78, 5) is 0. The molecule has 1 aromatic carbocycles. The maximum Gasteiger partial charge on any atom is 0.124 e. The first-order chi connectivity index (χ1) is 7.16. The predicted molar refractivity (Wildman–Crippen MR) is 69.2 cm³/mol. The van der Waals surface area contributed by atoms with Crippen LogP contribution in [-0.4, -0.2) is 5.11 Å². The highest BCUT2D eigenvalue weighted by Gasteiger charge is 2.25. The van der Waals surface area contributed by atoms with Gasteiger partial charge in [0, 0.05) is 16.1 Å². The molecular weight excluding hydrogens is 222 g/mol. The second-order valence-electron chi connectivity index (χ2n) is 5.17. The molecule has 0 aromatic heterocycles. The largest absolute Gasteiger partial charge is 0.507 e. The molecule has 0 atom stereocenters. The van der Waals surface area contributed by atoms with Crippen LogP contribution in [0.4, 0.5) is 0 Å². The molecule has 0 amide bonds. The van der Waals surface area contributed by atoms with Crippen molar-refractivity contribution in [2.24, 2.45) is 5.73 Å². The fourth-order valence-corrected chi connectivity index (χ4v) is 2.20. The van der Waals surface area contributed by atoms with Crippen LogP contribution in [0, 0.1) is 6.92 Å². The van der Waals surface area contributed by atoms with Crippen LogP contribution in [0.1, 0.15) is 50.3 Å². The average molecular weight is 242 g/mol. The third-order valence-corrected chi connectivity index (χ3v) is 3.18. The number of phenols is 1. The topological polar surface area (TPSA) is 46.2 Å². The van der Waals surface area contributed by atoms with E-state index in [9.17, 15) is 5.11 Å². The van der Waals surface area contributed by atoms with E-state index in [0.717, 1.165) is 16.7 Å². The van der Waals surface area contributed by atoms with Crippen molar-refractivity contribution in [2.45, 2.75) is 46.1 Å². The molecule has 2 nitrogen and oxygen atoms in total. The van der Waals surface area contributed by atoms with Crippen LogP contribution in [-0.2, 0) is 5.54 Å². The van der Waals surface area contributed by atoms with E-state index in [1.807, 2.05) is 40.7 Å². The Bertz CT molecular complexity index is 405. The zero-order valence-electron chi connectivity index (χ0n) is 10.6. The lowest BCUT2D eigenvalue weighted by atomic mass is 9.86. The second-order valence-corrected chi connectivity index (χ2v) is 5.58. The minimum Gasteiger partial charge on any atom is -0.507 e. The Labute approximate surface area is 102 Å². The summed E-state index contributed by atoms with van der Waals surface area (Å²) >= 11 is 6.17. The van der Waals surface area contributed by atoms with Gasteiger partial charge in [-0.25, -0.2) is 0 Å². The summed E-state index contributed by atoms with van der Waals surface area (Å²) < 4.78 is 0. The highest BCUT2D eigenvalue weighted by atomic mass is 35.5. The molecule has 0 radical (unpaired) electrons. The number of aromatic hydroxyl groups is 1. The maximum absolute atomic E-state index is 10.3. The Morgan fingerprint density at radius 2 is 1.88 bits per heavy atom. The van der Waals surface area contributed by atoms with Gasteiger partial charge in [-0.2, -0.15) is 0 Å². The SMILES string of the molecule is Cc1c(Cl)cc(C(C)C)c(O)c1C(C)(C)N. The van der Waals surface area contributed by atoms with Crippen molar-refractivity contribution in [3.8, 4) is 5.75 Å². The van der Waals surface area contributed by atoms with Gasteiger partial charge < -0.3 is 10.8 Å². The zero-order chi connectivity index (χ0) is 12.7. The summed E-state index contributed by atoms with van der Waals surface area (Å²) in [6.07, 6.45) is 0. The second kappa shape index (κ2) is 4.27. The van der Waals surface area contributed by atoms with E-state index in [2.05, 4.69) is 0 Å². The van der Waals surface area contributed by atoms with E-state index in [0.29, 0.717) is 5.02 Å². The van der Waals surface area contributed by atoms with Crippen molar-refractivity contribution in [3.05, 3.63) is 27.8 Å². The molecular formula is C13H20ClNO. The Hall–Kier alpha value is -0.730. The van der Waals surface area contributed by atoms with Gasteiger partial charge in [0.2, 0.25) is 0 Å². The number of halogens is 1. The predicted octanol–water partition coefficient (Wildman–Crippen LogP) is 3.67. The Morgan fingerprint density at radius 3 is 2.25 bits per heavy atom. The lowest BCUT2D eigenvalue weighted by Gasteiger charge is -2.26. The van der Waals surface area contributed by atoms with Crippen LogP contribution in [0.15, 0.2) is 6.07 Å². The minimum atomic E-state index is -0.595. The number of phenolic OH excluding ortho intramolecular Hbond substituents is 1. The molecule has 0 saturated heterocycles. The molecule has 90 valence electrons. The van der Waals surface area contributed by atoms with Gasteiger partial charge in [-0.3, -0.25) is 0 Å². The smallest absolute Gasteiger partial charge is 0.124 e. The van der Waals surface area contributed by atoms with Crippen molar-refractivity contribution in [1.82, 2.24) is 0 Å². The molecule has 3 heteroatoms. The van der Waals surface area contributed by atoms with E-state index >= 15 is 0 Å². The van der Waals surface area contributed by atoms with E-state index in [4.69, 9.17) is 17.3 Å². The molecule has 1 rings (SSSR count). The Morgan fingerprint density at radius 1 is 1.38 bits per heavy atom. The Kier molecular flexibility index (Phi) is 3.56. The fourth-order valence-electron chi connectivity index (χ4n) is 1.98. The summed E-state index contributed by atoms with van der Waals surface area (Å²) in [7, 11) is 0. The van der Waals surface area contributed by atoms with Gasteiger partial charge in [-0.05, 0) is 43.9 Å². The molecule has 1 aromatic rings. The quantitative estimate of drug-likeness (QED) is 0.830. The molecule has 0 fully saturated rings. The zero-order valence-corrected chi connectivity index (χ0v) is 11.3. The van der Waals surface area contributed by atoms with Gasteiger partial charge in [0.05, 0.1) is 0 Å². The molecule has 16 heavy (non-hydrogen) atoms. The minimum absolute atomic E-state index is 0.221. The third-order valence-electron chi connectivity index (χ3n) is 2.79. The molecule has 0 heterocycles. The van der Waals surface area contributed by atoms with E-state index < -0.39 is 5.54 Å². The Balaban J connectivity index is 3.59. The third kappa shape index (κ3) is 2.33. The summed E-state index contributed by atoms with van der Waals surface area (Å²) in [5.74, 6) is 0.503. The van der Waals surface area contributed by atoms with Gasteiger partial charge in [0.25, 0.3) is 0 Å². The van der Waals surface area contributed by atoms with Crippen LogP contribution >= 0.6 is 11.6 Å². The van der Waals surface area contributed by atoms with Gasteiger partial charge >= 0.3 is 0 Å². The van der Waals surface area contributed by atoms with Crippen molar-refractivity contribution in [3.63, 3.8) is 0 Å². The number of rotatable bonds is 2. The first kappa shape index (κ1) is 13.3. The van der Waals surface area contributed by atoms with E-state index in [-0.39, 0.29) is 11.7 Å². The van der Waals surface area contributed by atoms with Gasteiger partial charge in [0.15, 0.2) is 0 Å². The van der Waals surface area contributed by atoms with Crippen LogP contribution < -0.4 is 5.73 Å². The first-order valence-corrected chi connectivity index (χ1v) is 5.85. The summed E-state index contributed by atoms with van der Waals surface area (Å²) in [6.45, 7) is 9.67. The lowest BCUT2D eigenvalue weighted by molar-refractivity contribution is 0.430. The standard InChI is InChI=1S/C13H20ClNO/c1-7(2)9-6-10(14)8(3)11(12(9)16)13(4,5)15/h6-7,16H,15H2,1-5H3. The van der Waals surface area contributed by atoms with Gasteiger partial charge in [-0.1, -0.05) is 25.4 Å². The summed E-state index contributed by atoms with van der Waals surface area (Å²) in [5.41, 5.74) is 7.93. The first-order valence-electron chi connectivity index (χ1n) is 5.47. The van der Waals surface area contributed by atoms with Crippen LogP contribution in [0.3, 0.4) is 0 Å². The number of hydrogen-bond acceptors (Lipinski definition) is 2. The molecule has 0 aliphatic rings. The number of hydrogen-bond donors (Lipinski definition) is 2. The number of nitrogens with two attached hydrogens (primary N) is 1. The van der Waals surface area contributed by atoms with E-state index in [1.54, 1.807) is 0 Å². The molecule has 0 saturated carbocycles. The lowest BCUT2D eigenvalue weighted by Crippen LogP contribution is -2.30.